The number of nitrogen functional groups attached to an aromatic ring is 1. The molecule has 1 aliphatic carbocycles. The molecule has 0 spiro atoms. The van der Waals surface area contributed by atoms with E-state index in [0.717, 1.165) is 44.2 Å². The Hall–Kier alpha value is -3.23. The van der Waals surface area contributed by atoms with E-state index >= 15 is 0 Å². The molecule has 2 aromatic rings. The number of nitrogens with two attached hydrogens (primary N) is 1. The van der Waals surface area contributed by atoms with Crippen LogP contribution in [0.25, 0.3) is 0 Å². The van der Waals surface area contributed by atoms with Crippen molar-refractivity contribution < 1.29 is 19.4 Å². The Morgan fingerprint density at radius 1 is 1.16 bits per heavy atom. The number of hydrogen-bond acceptors (Lipinski definition) is 7. The molecule has 4 rings (SSSR count). The van der Waals surface area contributed by atoms with Crippen LogP contribution in [0, 0.1) is 11.8 Å². The fourth-order valence-electron chi connectivity index (χ4n) is 5.36. The van der Waals surface area contributed by atoms with Crippen LogP contribution in [0.5, 0.6) is 5.88 Å². The fourth-order valence-corrected chi connectivity index (χ4v) is 5.36. The minimum Gasteiger partial charge on any atom is -0.481 e. The van der Waals surface area contributed by atoms with Gasteiger partial charge in [0.1, 0.15) is 23.8 Å². The van der Waals surface area contributed by atoms with Crippen LogP contribution < -0.4 is 15.4 Å². The lowest BCUT2D eigenvalue weighted by molar-refractivity contribution is -0.138. The minimum absolute atomic E-state index is 0.154. The number of unbranched alkanes of at least 4 members (excludes halogenated alkanes) is 2. The lowest BCUT2D eigenvalue weighted by Crippen LogP contribution is -2.33. The largest absolute Gasteiger partial charge is 0.481 e. The fraction of sp³-hybridized carbons (Fsp3) is 0.607. The van der Waals surface area contributed by atoms with Crippen molar-refractivity contribution in [3.63, 3.8) is 0 Å². The highest BCUT2D eigenvalue weighted by Crippen LogP contribution is 2.37. The van der Waals surface area contributed by atoms with Gasteiger partial charge in [-0.3, -0.25) is 14.6 Å². The molecule has 9 heteroatoms. The Morgan fingerprint density at radius 3 is 2.62 bits per heavy atom. The average Bonchev–Trinajstić information content (AvgIpc) is 3.02. The molecule has 0 aromatic carbocycles. The topological polar surface area (TPSA) is 132 Å². The summed E-state index contributed by atoms with van der Waals surface area (Å²) in [5, 5.41) is 9.03. The summed E-state index contributed by atoms with van der Waals surface area (Å²) in [5.74, 6) is 1.30. The molecule has 3 heterocycles. The SMILES string of the molecule is CC(C)CCCCCc1nc(N)c2c(n1)OCCN(c1ccc(C3CCC(CC(=O)O)CC3)nc1)C2=O. The maximum atomic E-state index is 13.5. The van der Waals surface area contributed by atoms with Crippen LogP contribution >= 0.6 is 0 Å². The molecule has 2 aliphatic rings. The third-order valence-electron chi connectivity index (χ3n) is 7.46. The second-order valence-corrected chi connectivity index (χ2v) is 10.8. The molecule has 0 bridgehead atoms. The monoisotopic (exact) mass is 509 g/mol. The van der Waals surface area contributed by atoms with Crippen LogP contribution in [-0.4, -0.2) is 45.1 Å². The Bertz CT molecular complexity index is 1080. The Labute approximate surface area is 218 Å². The smallest absolute Gasteiger partial charge is 0.303 e. The quantitative estimate of drug-likeness (QED) is 0.428. The third kappa shape index (κ3) is 6.96. The van der Waals surface area contributed by atoms with Crippen LogP contribution in [0.2, 0.25) is 0 Å². The Kier molecular flexibility index (Phi) is 8.95. The number of nitrogens with zero attached hydrogens (tertiary/aromatic N) is 4. The summed E-state index contributed by atoms with van der Waals surface area (Å²) in [6.45, 7) is 5.13. The van der Waals surface area contributed by atoms with Crippen LogP contribution in [0.3, 0.4) is 0 Å². The molecule has 0 radical (unpaired) electrons. The zero-order valence-corrected chi connectivity index (χ0v) is 22.0. The van der Waals surface area contributed by atoms with Gasteiger partial charge < -0.3 is 20.5 Å². The molecule has 3 N–H and O–H groups in total. The zero-order valence-electron chi connectivity index (χ0n) is 22.0. The van der Waals surface area contributed by atoms with Crippen molar-refractivity contribution >= 4 is 23.4 Å². The lowest BCUT2D eigenvalue weighted by atomic mass is 9.79. The van der Waals surface area contributed by atoms with E-state index in [1.807, 2.05) is 12.1 Å². The number of aromatic nitrogens is 3. The predicted molar refractivity (Wildman–Crippen MR) is 142 cm³/mol. The molecule has 1 aliphatic heterocycles. The summed E-state index contributed by atoms with van der Waals surface area (Å²) < 4.78 is 5.85. The second-order valence-electron chi connectivity index (χ2n) is 10.8. The van der Waals surface area contributed by atoms with Crippen molar-refractivity contribution in [1.82, 2.24) is 15.0 Å². The number of carbonyl (C=O) groups is 2. The standard InChI is InChI=1S/C28H39N5O4/c1-18(2)6-4-3-5-7-23-31-26(29)25-27(32-23)37-15-14-33(28(25)36)21-12-13-22(30-17-21)20-10-8-19(9-11-20)16-24(34)35/h12-13,17-20H,3-11,14-16H2,1-2H3,(H,34,35)(H2,29,31,32). The van der Waals surface area contributed by atoms with Gasteiger partial charge in [-0.25, -0.2) is 4.98 Å². The van der Waals surface area contributed by atoms with E-state index in [2.05, 4.69) is 28.8 Å². The van der Waals surface area contributed by atoms with E-state index in [0.29, 0.717) is 42.9 Å². The highest BCUT2D eigenvalue weighted by Gasteiger charge is 2.30. The van der Waals surface area contributed by atoms with Gasteiger partial charge in [0.15, 0.2) is 0 Å². The first-order chi connectivity index (χ1) is 17.8. The van der Waals surface area contributed by atoms with Crippen LogP contribution in [0.1, 0.15) is 99.4 Å². The van der Waals surface area contributed by atoms with Gasteiger partial charge in [0, 0.05) is 24.5 Å². The van der Waals surface area contributed by atoms with Crippen molar-refractivity contribution in [3.05, 3.63) is 35.4 Å². The maximum absolute atomic E-state index is 13.5. The van der Waals surface area contributed by atoms with Crippen LogP contribution in [0.4, 0.5) is 11.5 Å². The Morgan fingerprint density at radius 2 is 1.95 bits per heavy atom. The van der Waals surface area contributed by atoms with Gasteiger partial charge in [0.25, 0.3) is 5.91 Å². The molecule has 9 nitrogen and oxygen atoms in total. The van der Waals surface area contributed by atoms with E-state index in [4.69, 9.17) is 15.6 Å². The first kappa shape index (κ1) is 26.8. The summed E-state index contributed by atoms with van der Waals surface area (Å²) in [4.78, 5) is 39.7. The van der Waals surface area contributed by atoms with E-state index in [-0.39, 0.29) is 35.5 Å². The number of rotatable bonds is 10. The third-order valence-corrected chi connectivity index (χ3v) is 7.46. The highest BCUT2D eigenvalue weighted by atomic mass is 16.5. The maximum Gasteiger partial charge on any atom is 0.303 e. The van der Waals surface area contributed by atoms with Gasteiger partial charge >= 0.3 is 5.97 Å². The van der Waals surface area contributed by atoms with E-state index in [9.17, 15) is 9.59 Å². The molecule has 0 unspecified atom stereocenters. The molecule has 200 valence electrons. The number of amides is 1. The molecule has 1 fully saturated rings. The number of anilines is 2. The van der Waals surface area contributed by atoms with Crippen molar-refractivity contribution in [2.45, 2.75) is 84.0 Å². The van der Waals surface area contributed by atoms with Crippen molar-refractivity contribution in [1.29, 1.82) is 0 Å². The molecular formula is C28H39N5O4. The summed E-state index contributed by atoms with van der Waals surface area (Å²) in [6, 6.07) is 3.89. The van der Waals surface area contributed by atoms with E-state index in [1.165, 1.54) is 12.8 Å². The van der Waals surface area contributed by atoms with Gasteiger partial charge in [-0.2, -0.15) is 4.98 Å². The van der Waals surface area contributed by atoms with Crippen LogP contribution in [0.15, 0.2) is 18.3 Å². The van der Waals surface area contributed by atoms with Gasteiger partial charge in [0.05, 0.1) is 18.4 Å². The number of aliphatic carboxylic acids is 1. The molecule has 0 saturated heterocycles. The number of pyridine rings is 1. The highest BCUT2D eigenvalue weighted by molar-refractivity contribution is 6.10. The normalized spacial score (nSPS) is 19.9. The first-order valence-electron chi connectivity index (χ1n) is 13.6. The van der Waals surface area contributed by atoms with Crippen molar-refractivity contribution in [2.75, 3.05) is 23.8 Å². The number of ether oxygens (including phenoxy) is 1. The molecule has 2 aromatic heterocycles. The predicted octanol–water partition coefficient (Wildman–Crippen LogP) is 5.00. The van der Waals surface area contributed by atoms with Gasteiger partial charge in [-0.1, -0.05) is 33.1 Å². The number of carboxylic acids is 1. The van der Waals surface area contributed by atoms with Crippen LogP contribution in [-0.2, 0) is 11.2 Å². The summed E-state index contributed by atoms with van der Waals surface area (Å²) >= 11 is 0. The Balaban J connectivity index is 1.40. The number of carboxylic acid groups (broad SMARTS) is 1. The molecule has 1 saturated carbocycles. The minimum atomic E-state index is -0.724. The molecule has 37 heavy (non-hydrogen) atoms. The summed E-state index contributed by atoms with van der Waals surface area (Å²) in [5.41, 5.74) is 8.12. The lowest BCUT2D eigenvalue weighted by Gasteiger charge is -2.27. The first-order valence-corrected chi connectivity index (χ1v) is 13.6. The van der Waals surface area contributed by atoms with Crippen molar-refractivity contribution in [3.8, 4) is 5.88 Å². The summed E-state index contributed by atoms with van der Waals surface area (Å²) in [6.07, 6.45) is 10.8. The number of hydrogen-bond donors (Lipinski definition) is 2. The summed E-state index contributed by atoms with van der Waals surface area (Å²) in [7, 11) is 0. The van der Waals surface area contributed by atoms with Gasteiger partial charge in [-0.15, -0.1) is 0 Å². The van der Waals surface area contributed by atoms with Gasteiger partial charge in [0.2, 0.25) is 5.88 Å². The average molecular weight is 510 g/mol. The van der Waals surface area contributed by atoms with Crippen molar-refractivity contribution in [2.24, 2.45) is 11.8 Å². The molecular weight excluding hydrogens is 470 g/mol. The number of carbonyl (C=O) groups excluding carboxylic acids is 1. The van der Waals surface area contributed by atoms with E-state index in [1.54, 1.807) is 11.1 Å². The molecule has 1 amide bonds. The molecule has 0 atom stereocenters. The zero-order chi connectivity index (χ0) is 26.4. The number of fused-ring (bicyclic) bond motifs is 1. The van der Waals surface area contributed by atoms with Gasteiger partial charge in [-0.05, 0) is 56.1 Å². The second kappa shape index (κ2) is 12.3. The van der Waals surface area contributed by atoms with E-state index < -0.39 is 5.97 Å². The number of aryl methyl sites for hydroxylation is 1.